The number of amides is 5. The lowest BCUT2D eigenvalue weighted by Gasteiger charge is -2.29. The predicted molar refractivity (Wildman–Crippen MR) is 203 cm³/mol. The second-order valence-corrected chi connectivity index (χ2v) is 15.6. The van der Waals surface area contributed by atoms with E-state index in [1.165, 1.54) is 0 Å². The zero-order valence-electron chi connectivity index (χ0n) is 32.5. The first-order valence-electron chi connectivity index (χ1n) is 18.3. The summed E-state index contributed by atoms with van der Waals surface area (Å²) in [4.78, 5) is 79.7. The third kappa shape index (κ3) is 16.5. The molecule has 0 saturated heterocycles. The van der Waals surface area contributed by atoms with Crippen molar-refractivity contribution in [3.63, 3.8) is 0 Å². The van der Waals surface area contributed by atoms with Crippen LogP contribution in [0.1, 0.15) is 86.3 Å². The number of carbonyl (C=O) groups excluding carboxylic acids is 5. The molecule has 13 heteroatoms. The number of rotatable bonds is 19. The maximum Gasteiger partial charge on any atom is 0.408 e. The van der Waals surface area contributed by atoms with Gasteiger partial charge in [-0.25, -0.2) is 9.59 Å². The average Bonchev–Trinajstić information content (AvgIpc) is 3.05. The van der Waals surface area contributed by atoms with Crippen LogP contribution in [0.5, 0.6) is 0 Å². The van der Waals surface area contributed by atoms with E-state index in [9.17, 15) is 33.9 Å². The highest BCUT2D eigenvalue weighted by molar-refractivity contribution is 5.96. The Balaban J connectivity index is 2.26. The van der Waals surface area contributed by atoms with E-state index in [1.807, 2.05) is 64.1 Å². The van der Waals surface area contributed by atoms with Gasteiger partial charge in [0.2, 0.25) is 23.6 Å². The quantitative estimate of drug-likeness (QED) is 0.124. The lowest BCUT2D eigenvalue weighted by Crippen LogP contribution is -2.60. The van der Waals surface area contributed by atoms with Gasteiger partial charge in [0.1, 0.15) is 35.8 Å². The topological polar surface area (TPSA) is 192 Å². The van der Waals surface area contributed by atoms with Gasteiger partial charge in [-0.1, -0.05) is 102 Å². The number of aliphatic carboxylic acids is 1. The molecule has 0 bridgehead atoms. The molecule has 0 aliphatic rings. The van der Waals surface area contributed by atoms with Gasteiger partial charge in [0.25, 0.3) is 0 Å². The highest BCUT2D eigenvalue weighted by Crippen LogP contribution is 2.13. The normalized spacial score (nSPS) is 14.3. The SMILES string of the molecule is CC(C)C[C@@H](NC(=O)[C@H](Cc1ccccc1)NC(=O)OC(C)(C)C)C(=O)N[C@H](C(=O)N[C@H](CC(C)C)C(=O)N[C@@H](Cc1ccccc1)C(=O)O)C(C)C. The van der Waals surface area contributed by atoms with E-state index in [4.69, 9.17) is 4.74 Å². The number of carbonyl (C=O) groups is 6. The summed E-state index contributed by atoms with van der Waals surface area (Å²) >= 11 is 0. The molecule has 0 aromatic heterocycles. The number of hydrogen-bond acceptors (Lipinski definition) is 7. The first-order valence-corrected chi connectivity index (χ1v) is 18.3. The first kappa shape index (κ1) is 44.2. The molecule has 2 aromatic carbocycles. The minimum atomic E-state index is -1.23. The van der Waals surface area contributed by atoms with Gasteiger partial charge in [-0.2, -0.15) is 0 Å². The highest BCUT2D eigenvalue weighted by Gasteiger charge is 2.34. The Kier molecular flexibility index (Phi) is 17.5. The van der Waals surface area contributed by atoms with Crippen LogP contribution in [0.3, 0.4) is 0 Å². The van der Waals surface area contributed by atoms with Crippen LogP contribution in [0.15, 0.2) is 60.7 Å². The third-order valence-electron chi connectivity index (χ3n) is 8.11. The fourth-order valence-electron chi connectivity index (χ4n) is 5.56. The molecule has 0 spiro atoms. The minimum absolute atomic E-state index is 0.0408. The zero-order chi connectivity index (χ0) is 39.9. The maximum absolute atomic E-state index is 13.9. The van der Waals surface area contributed by atoms with Gasteiger partial charge in [-0.3, -0.25) is 19.2 Å². The average molecular weight is 738 g/mol. The Morgan fingerprint density at radius 3 is 1.38 bits per heavy atom. The summed E-state index contributed by atoms with van der Waals surface area (Å²) < 4.78 is 5.40. The fourth-order valence-corrected chi connectivity index (χ4v) is 5.56. The van der Waals surface area contributed by atoms with Crippen LogP contribution < -0.4 is 26.6 Å². The standard InChI is InChI=1S/C40H59N5O8/c1-24(2)20-29(34(46)43-32(38(50)51)23-28-18-14-11-15-19-28)42-37(49)33(26(5)6)45-36(48)30(21-25(3)4)41-35(47)31(22-27-16-12-10-13-17-27)44-39(52)53-40(7,8)9/h10-19,24-26,29-33H,20-23H2,1-9H3,(H,41,47)(H,42,49)(H,43,46)(H,44,52)(H,45,48)(H,50,51)/t29-,30-,31+,32+,33+/m1/s1. The van der Waals surface area contributed by atoms with Gasteiger partial charge in [-0.15, -0.1) is 0 Å². The van der Waals surface area contributed by atoms with E-state index < -0.39 is 77.4 Å². The Morgan fingerprint density at radius 1 is 0.566 bits per heavy atom. The Labute approximate surface area is 313 Å². The molecule has 5 amide bonds. The highest BCUT2D eigenvalue weighted by atomic mass is 16.6. The van der Waals surface area contributed by atoms with Crippen LogP contribution in [0, 0.1) is 17.8 Å². The second-order valence-electron chi connectivity index (χ2n) is 15.6. The maximum atomic E-state index is 13.9. The number of nitrogens with one attached hydrogen (secondary N) is 5. The number of benzene rings is 2. The van der Waals surface area contributed by atoms with E-state index in [2.05, 4.69) is 26.6 Å². The molecule has 0 aliphatic heterocycles. The van der Waals surface area contributed by atoms with E-state index >= 15 is 0 Å². The Hall–Kier alpha value is -4.94. The smallest absolute Gasteiger partial charge is 0.408 e. The summed E-state index contributed by atoms with van der Waals surface area (Å²) in [7, 11) is 0. The molecule has 0 aliphatic carbocycles. The molecule has 0 heterocycles. The first-order chi connectivity index (χ1) is 24.7. The molecule has 0 fully saturated rings. The summed E-state index contributed by atoms with van der Waals surface area (Å²) in [5.41, 5.74) is 0.696. The van der Waals surface area contributed by atoms with Crippen molar-refractivity contribution in [3.8, 4) is 0 Å². The molecule has 13 nitrogen and oxygen atoms in total. The van der Waals surface area contributed by atoms with Crippen LogP contribution in [0.2, 0.25) is 0 Å². The summed E-state index contributed by atoms with van der Waals surface area (Å²) in [6, 6.07) is 12.4. The monoisotopic (exact) mass is 737 g/mol. The molecule has 2 rings (SSSR count). The Morgan fingerprint density at radius 2 is 0.962 bits per heavy atom. The molecule has 0 saturated carbocycles. The summed E-state index contributed by atoms with van der Waals surface area (Å²) in [6.07, 6.45) is -0.160. The minimum Gasteiger partial charge on any atom is -0.480 e. The Bertz CT molecular complexity index is 1510. The van der Waals surface area contributed by atoms with Crippen molar-refractivity contribution in [1.29, 1.82) is 0 Å². The fraction of sp³-hybridized carbons (Fsp3) is 0.550. The van der Waals surface area contributed by atoms with Gasteiger partial charge in [0.15, 0.2) is 0 Å². The van der Waals surface area contributed by atoms with Crippen molar-refractivity contribution in [2.24, 2.45) is 17.8 Å². The molecular weight excluding hydrogens is 678 g/mol. The van der Waals surface area contributed by atoms with Crippen molar-refractivity contribution >= 4 is 35.7 Å². The van der Waals surface area contributed by atoms with Crippen molar-refractivity contribution in [2.75, 3.05) is 0 Å². The zero-order valence-corrected chi connectivity index (χ0v) is 32.5. The van der Waals surface area contributed by atoms with Gasteiger partial charge >= 0.3 is 12.1 Å². The lowest BCUT2D eigenvalue weighted by atomic mass is 9.97. The van der Waals surface area contributed by atoms with E-state index in [0.29, 0.717) is 0 Å². The third-order valence-corrected chi connectivity index (χ3v) is 8.11. The molecule has 6 N–H and O–H groups in total. The van der Waals surface area contributed by atoms with Crippen LogP contribution in [-0.2, 0) is 41.6 Å². The largest absolute Gasteiger partial charge is 0.480 e. The summed E-state index contributed by atoms with van der Waals surface area (Å²) in [5, 5.41) is 23.4. The predicted octanol–water partition coefficient (Wildman–Crippen LogP) is 4.14. The van der Waals surface area contributed by atoms with Gasteiger partial charge in [0.05, 0.1) is 0 Å². The molecular formula is C40H59N5O8. The number of carboxylic acid groups (broad SMARTS) is 1. The van der Waals surface area contributed by atoms with Gasteiger partial charge < -0.3 is 36.4 Å². The number of alkyl carbamates (subject to hydrolysis) is 1. The molecule has 292 valence electrons. The van der Waals surface area contributed by atoms with Crippen molar-refractivity contribution in [3.05, 3.63) is 71.8 Å². The number of carboxylic acids is 1. The lowest BCUT2D eigenvalue weighted by molar-refractivity contribution is -0.142. The molecule has 0 radical (unpaired) electrons. The van der Waals surface area contributed by atoms with E-state index in [1.54, 1.807) is 58.9 Å². The number of hydrogen-bond donors (Lipinski definition) is 6. The van der Waals surface area contributed by atoms with Crippen molar-refractivity contribution < 1.29 is 38.6 Å². The van der Waals surface area contributed by atoms with Crippen LogP contribution in [-0.4, -0.2) is 76.6 Å². The number of ether oxygens (including phenoxy) is 1. The van der Waals surface area contributed by atoms with Crippen molar-refractivity contribution in [2.45, 2.75) is 124 Å². The van der Waals surface area contributed by atoms with Crippen LogP contribution in [0.25, 0.3) is 0 Å². The molecule has 0 unspecified atom stereocenters. The van der Waals surface area contributed by atoms with Crippen molar-refractivity contribution in [1.82, 2.24) is 26.6 Å². The molecule has 2 aromatic rings. The molecule has 53 heavy (non-hydrogen) atoms. The summed E-state index contributed by atoms with van der Waals surface area (Å²) in [5.74, 6) is -4.24. The van der Waals surface area contributed by atoms with E-state index in [0.717, 1.165) is 11.1 Å². The molecule has 5 atom stereocenters. The van der Waals surface area contributed by atoms with Gasteiger partial charge in [-0.05, 0) is 62.5 Å². The second kappa shape index (κ2) is 20.9. The van der Waals surface area contributed by atoms with Gasteiger partial charge in [0, 0.05) is 12.8 Å². The van der Waals surface area contributed by atoms with Crippen LogP contribution >= 0.6 is 0 Å². The summed E-state index contributed by atoms with van der Waals surface area (Å²) in [6.45, 7) is 16.1. The van der Waals surface area contributed by atoms with Crippen LogP contribution in [0.4, 0.5) is 4.79 Å². The van der Waals surface area contributed by atoms with E-state index in [-0.39, 0.29) is 37.5 Å².